The number of aryl methyl sites for hydroxylation is 1. The zero-order valence-electron chi connectivity index (χ0n) is 12.7. The number of halogens is 1. The molecule has 0 bridgehead atoms. The lowest BCUT2D eigenvalue weighted by molar-refractivity contribution is 0.135. The highest BCUT2D eigenvalue weighted by Gasteiger charge is 2.31. The zero-order valence-corrected chi connectivity index (χ0v) is 14.4. The highest BCUT2D eigenvalue weighted by Crippen LogP contribution is 2.27. The molecular weight excluding hydrogens is 337 g/mol. The molecule has 0 N–H and O–H groups in total. The van der Waals surface area contributed by atoms with Gasteiger partial charge in [-0.2, -0.15) is 4.31 Å². The Kier molecular flexibility index (Phi) is 4.70. The Balaban J connectivity index is 1.61. The van der Waals surface area contributed by atoms with Gasteiger partial charge in [0.2, 0.25) is 0 Å². The van der Waals surface area contributed by atoms with E-state index in [1.54, 1.807) is 18.2 Å². The van der Waals surface area contributed by atoms with Crippen LogP contribution in [0.25, 0.3) is 0 Å². The number of hydrogen-bond acceptors (Lipinski definition) is 4. The second-order valence-corrected chi connectivity index (χ2v) is 8.99. The fourth-order valence-corrected chi connectivity index (χ4v) is 5.48. The molecule has 0 aliphatic carbocycles. The Hall–Kier alpha value is -1.44. The normalized spacial score (nSPS) is 17.3. The average Bonchev–Trinajstić information content (AvgIpc) is 2.98. The maximum Gasteiger partial charge on any atom is 0.252 e. The molecule has 1 aliphatic heterocycles. The van der Waals surface area contributed by atoms with Crippen LogP contribution in [0.1, 0.15) is 17.7 Å². The van der Waals surface area contributed by atoms with Gasteiger partial charge in [-0.25, -0.2) is 12.8 Å². The van der Waals surface area contributed by atoms with Crippen LogP contribution < -0.4 is 4.74 Å². The number of benzene rings is 1. The van der Waals surface area contributed by atoms with Gasteiger partial charge in [0.1, 0.15) is 21.9 Å². The van der Waals surface area contributed by atoms with Gasteiger partial charge in [0.15, 0.2) is 0 Å². The van der Waals surface area contributed by atoms with Crippen LogP contribution in [0, 0.1) is 12.7 Å². The SMILES string of the molecule is Cc1ccc(S(=O)(=O)N2CCC(Oc3ccc(F)cc3)CC2)s1. The number of rotatable bonds is 4. The van der Waals surface area contributed by atoms with Crippen LogP contribution in [-0.4, -0.2) is 31.9 Å². The second kappa shape index (κ2) is 6.59. The third-order valence-corrected chi connectivity index (χ3v) is 7.19. The molecule has 1 saturated heterocycles. The van der Waals surface area contributed by atoms with Crippen molar-refractivity contribution in [3.8, 4) is 5.75 Å². The molecule has 0 radical (unpaired) electrons. The van der Waals surface area contributed by atoms with Crippen molar-refractivity contribution in [2.24, 2.45) is 0 Å². The Morgan fingerprint density at radius 3 is 2.35 bits per heavy atom. The fourth-order valence-electron chi connectivity index (χ4n) is 2.57. The summed E-state index contributed by atoms with van der Waals surface area (Å²) in [5.41, 5.74) is 0. The van der Waals surface area contributed by atoms with Gasteiger partial charge < -0.3 is 4.74 Å². The highest BCUT2D eigenvalue weighted by molar-refractivity contribution is 7.91. The lowest BCUT2D eigenvalue weighted by Gasteiger charge is -2.31. The highest BCUT2D eigenvalue weighted by atomic mass is 32.2. The molecule has 0 unspecified atom stereocenters. The Bertz CT molecular complexity index is 763. The zero-order chi connectivity index (χ0) is 16.4. The summed E-state index contributed by atoms with van der Waals surface area (Å²) in [6.45, 7) is 2.77. The lowest BCUT2D eigenvalue weighted by Crippen LogP contribution is -2.41. The summed E-state index contributed by atoms with van der Waals surface area (Å²) in [6, 6.07) is 9.38. The van der Waals surface area contributed by atoms with Crippen LogP contribution in [0.3, 0.4) is 0 Å². The van der Waals surface area contributed by atoms with E-state index >= 15 is 0 Å². The van der Waals surface area contributed by atoms with Gasteiger partial charge in [0.25, 0.3) is 10.0 Å². The van der Waals surface area contributed by atoms with Crippen molar-refractivity contribution in [3.63, 3.8) is 0 Å². The van der Waals surface area contributed by atoms with E-state index in [1.165, 1.54) is 27.8 Å². The summed E-state index contributed by atoms with van der Waals surface area (Å²) < 4.78 is 45.7. The van der Waals surface area contributed by atoms with Crippen molar-refractivity contribution in [3.05, 3.63) is 47.1 Å². The first kappa shape index (κ1) is 16.4. The Labute approximate surface area is 139 Å². The van der Waals surface area contributed by atoms with Crippen LogP contribution in [0.2, 0.25) is 0 Å². The van der Waals surface area contributed by atoms with Gasteiger partial charge in [-0.05, 0) is 56.2 Å². The first-order chi connectivity index (χ1) is 10.9. The minimum absolute atomic E-state index is 0.0445. The first-order valence-electron chi connectivity index (χ1n) is 7.44. The second-order valence-electron chi connectivity index (χ2n) is 5.54. The smallest absolute Gasteiger partial charge is 0.252 e. The van der Waals surface area contributed by atoms with Gasteiger partial charge in [0, 0.05) is 18.0 Å². The minimum Gasteiger partial charge on any atom is -0.490 e. The van der Waals surface area contributed by atoms with Crippen molar-refractivity contribution < 1.29 is 17.5 Å². The molecule has 23 heavy (non-hydrogen) atoms. The first-order valence-corrected chi connectivity index (χ1v) is 9.69. The predicted molar refractivity (Wildman–Crippen MR) is 87.9 cm³/mol. The van der Waals surface area contributed by atoms with Crippen LogP contribution in [0.4, 0.5) is 4.39 Å². The minimum atomic E-state index is -3.40. The van der Waals surface area contributed by atoms with Crippen molar-refractivity contribution in [1.29, 1.82) is 0 Å². The van der Waals surface area contributed by atoms with E-state index in [2.05, 4.69) is 0 Å². The summed E-state index contributed by atoms with van der Waals surface area (Å²) in [7, 11) is -3.40. The van der Waals surface area contributed by atoms with Crippen molar-refractivity contribution in [1.82, 2.24) is 4.31 Å². The van der Waals surface area contributed by atoms with Crippen molar-refractivity contribution in [2.75, 3.05) is 13.1 Å². The molecule has 4 nitrogen and oxygen atoms in total. The van der Waals surface area contributed by atoms with E-state index in [0.29, 0.717) is 35.9 Å². The number of piperidine rings is 1. The standard InChI is InChI=1S/C16H18FNO3S2/c1-12-2-7-16(22-12)23(19,20)18-10-8-15(9-11-18)21-14-5-3-13(17)4-6-14/h2-7,15H,8-11H2,1H3. The molecule has 0 amide bonds. The molecule has 2 heterocycles. The lowest BCUT2D eigenvalue weighted by atomic mass is 10.1. The van der Waals surface area contributed by atoms with Crippen LogP contribution in [-0.2, 0) is 10.0 Å². The summed E-state index contributed by atoms with van der Waals surface area (Å²) in [5.74, 6) is 0.311. The number of ether oxygens (including phenoxy) is 1. The summed E-state index contributed by atoms with van der Waals surface area (Å²) >= 11 is 1.30. The van der Waals surface area contributed by atoms with E-state index in [1.807, 2.05) is 13.0 Å². The van der Waals surface area contributed by atoms with Gasteiger partial charge >= 0.3 is 0 Å². The maximum atomic E-state index is 12.9. The molecular formula is C16H18FNO3S2. The number of sulfonamides is 1. The maximum absolute atomic E-state index is 12.9. The largest absolute Gasteiger partial charge is 0.490 e. The van der Waals surface area contributed by atoms with E-state index in [9.17, 15) is 12.8 Å². The van der Waals surface area contributed by atoms with Gasteiger partial charge in [-0.3, -0.25) is 0 Å². The number of thiophene rings is 1. The topological polar surface area (TPSA) is 46.6 Å². The number of nitrogens with zero attached hydrogens (tertiary/aromatic N) is 1. The van der Waals surface area contributed by atoms with E-state index in [-0.39, 0.29) is 11.9 Å². The molecule has 124 valence electrons. The van der Waals surface area contributed by atoms with E-state index in [0.717, 1.165) is 4.88 Å². The third-order valence-electron chi connectivity index (χ3n) is 3.83. The molecule has 3 rings (SSSR count). The number of hydrogen-bond donors (Lipinski definition) is 0. The van der Waals surface area contributed by atoms with Gasteiger partial charge in [0.05, 0.1) is 0 Å². The van der Waals surface area contributed by atoms with E-state index in [4.69, 9.17) is 4.74 Å². The monoisotopic (exact) mass is 355 g/mol. The molecule has 1 aliphatic rings. The molecule has 1 aromatic carbocycles. The van der Waals surface area contributed by atoms with E-state index < -0.39 is 10.0 Å². The Morgan fingerprint density at radius 1 is 1.13 bits per heavy atom. The summed E-state index contributed by atoms with van der Waals surface area (Å²) in [4.78, 5) is 0.984. The molecule has 7 heteroatoms. The van der Waals surface area contributed by atoms with Crippen LogP contribution in [0.15, 0.2) is 40.6 Å². The quantitative estimate of drug-likeness (QED) is 0.844. The van der Waals surface area contributed by atoms with Crippen LogP contribution in [0.5, 0.6) is 5.75 Å². The van der Waals surface area contributed by atoms with Gasteiger partial charge in [-0.15, -0.1) is 11.3 Å². The third kappa shape index (κ3) is 3.73. The molecule has 0 saturated carbocycles. The van der Waals surface area contributed by atoms with Gasteiger partial charge in [-0.1, -0.05) is 0 Å². The van der Waals surface area contributed by atoms with Crippen molar-refractivity contribution >= 4 is 21.4 Å². The average molecular weight is 355 g/mol. The van der Waals surface area contributed by atoms with Crippen molar-refractivity contribution in [2.45, 2.75) is 30.1 Å². The molecule has 2 aromatic rings. The predicted octanol–water partition coefficient (Wildman–Crippen LogP) is 3.43. The molecule has 0 atom stereocenters. The summed E-state index contributed by atoms with van der Waals surface area (Å²) in [5, 5.41) is 0. The molecule has 1 aromatic heterocycles. The van der Waals surface area contributed by atoms with Crippen LogP contribution >= 0.6 is 11.3 Å². The molecule has 1 fully saturated rings. The molecule has 0 spiro atoms. The summed E-state index contributed by atoms with van der Waals surface area (Å²) in [6.07, 6.45) is 1.21. The Morgan fingerprint density at radius 2 is 1.78 bits per heavy atom. The fraction of sp³-hybridized carbons (Fsp3) is 0.375.